The number of hydrogen-bond acceptors (Lipinski definition) is 5. The number of hydrogen-bond donors (Lipinski definition) is 1. The number of nitrogens with zero attached hydrogens (tertiary/aromatic N) is 4. The van der Waals surface area contributed by atoms with Crippen molar-refractivity contribution in [1.29, 1.82) is 5.26 Å². The van der Waals surface area contributed by atoms with Crippen LogP contribution in [0.1, 0.15) is 18.2 Å². The van der Waals surface area contributed by atoms with E-state index in [2.05, 4.69) is 75.6 Å². The molecular weight excluding hydrogens is 310 g/mol. The van der Waals surface area contributed by atoms with Crippen molar-refractivity contribution in [2.24, 2.45) is 0 Å². The summed E-state index contributed by atoms with van der Waals surface area (Å²) in [5.74, 6) is 0.655. The maximum atomic E-state index is 8.73. The Morgan fingerprint density at radius 2 is 1.68 bits per heavy atom. The Bertz CT molecular complexity index is 836. The van der Waals surface area contributed by atoms with Crippen molar-refractivity contribution in [3.63, 3.8) is 0 Å². The summed E-state index contributed by atoms with van der Waals surface area (Å²) in [5, 5.41) is 11.9. The summed E-state index contributed by atoms with van der Waals surface area (Å²) >= 11 is 0. The summed E-state index contributed by atoms with van der Waals surface area (Å²) < 4.78 is 0. The molecule has 0 bridgehead atoms. The number of nitrogens with one attached hydrogen (secondary N) is 1. The van der Waals surface area contributed by atoms with Crippen molar-refractivity contribution < 1.29 is 0 Å². The molecule has 0 aliphatic carbocycles. The van der Waals surface area contributed by atoms with Crippen molar-refractivity contribution in [1.82, 2.24) is 9.97 Å². The van der Waals surface area contributed by atoms with Crippen LogP contribution in [-0.4, -0.2) is 16.5 Å². The minimum Gasteiger partial charge on any atom is -0.365 e. The molecule has 0 aliphatic rings. The summed E-state index contributed by atoms with van der Waals surface area (Å²) in [5.41, 5.74) is 3.81. The molecule has 1 heterocycles. The molecule has 0 unspecified atom stereocenters. The van der Waals surface area contributed by atoms with E-state index in [4.69, 9.17) is 5.26 Å². The normalized spacial score (nSPS) is 10.1. The number of benzene rings is 2. The lowest BCUT2D eigenvalue weighted by Crippen LogP contribution is -2.15. The lowest BCUT2D eigenvalue weighted by Gasteiger charge is -2.23. The van der Waals surface area contributed by atoms with Crippen LogP contribution in [-0.2, 0) is 6.54 Å². The van der Waals surface area contributed by atoms with Gasteiger partial charge >= 0.3 is 0 Å². The Labute approximate surface area is 147 Å². The van der Waals surface area contributed by atoms with E-state index >= 15 is 0 Å². The SMILES string of the molecule is CCN(c1ccccc1)c1ccc(CNc2cnc(C#N)cn2)cc1. The van der Waals surface area contributed by atoms with Crippen LogP contribution in [0.4, 0.5) is 17.2 Å². The predicted octanol–water partition coefficient (Wildman–Crippen LogP) is 4.12. The first-order valence-corrected chi connectivity index (χ1v) is 8.17. The molecule has 3 aromatic rings. The first-order valence-electron chi connectivity index (χ1n) is 8.17. The highest BCUT2D eigenvalue weighted by molar-refractivity contribution is 5.63. The highest BCUT2D eigenvalue weighted by Gasteiger charge is 2.06. The molecule has 0 amide bonds. The Kier molecular flexibility index (Phi) is 5.22. The number of nitriles is 1. The molecule has 25 heavy (non-hydrogen) atoms. The van der Waals surface area contributed by atoms with Gasteiger partial charge in [0, 0.05) is 24.5 Å². The minimum absolute atomic E-state index is 0.315. The molecule has 0 saturated carbocycles. The zero-order valence-electron chi connectivity index (χ0n) is 14.1. The van der Waals surface area contributed by atoms with Gasteiger partial charge in [-0.1, -0.05) is 30.3 Å². The van der Waals surface area contributed by atoms with E-state index in [1.165, 1.54) is 11.9 Å². The maximum absolute atomic E-state index is 8.73. The van der Waals surface area contributed by atoms with Gasteiger partial charge in [-0.25, -0.2) is 9.97 Å². The third kappa shape index (κ3) is 4.12. The van der Waals surface area contributed by atoms with Gasteiger partial charge in [0.25, 0.3) is 0 Å². The molecule has 0 atom stereocenters. The average Bonchev–Trinajstić information content (AvgIpc) is 2.69. The zero-order chi connectivity index (χ0) is 17.5. The fourth-order valence-electron chi connectivity index (χ4n) is 2.59. The van der Waals surface area contributed by atoms with E-state index in [-0.39, 0.29) is 0 Å². The number of anilines is 3. The Morgan fingerprint density at radius 1 is 0.960 bits per heavy atom. The first kappa shape index (κ1) is 16.5. The van der Waals surface area contributed by atoms with Gasteiger partial charge in [0.2, 0.25) is 0 Å². The fourth-order valence-corrected chi connectivity index (χ4v) is 2.59. The Morgan fingerprint density at radius 3 is 2.28 bits per heavy atom. The highest BCUT2D eigenvalue weighted by Crippen LogP contribution is 2.25. The molecule has 1 N–H and O–H groups in total. The smallest absolute Gasteiger partial charge is 0.158 e. The van der Waals surface area contributed by atoms with Crippen molar-refractivity contribution in [3.8, 4) is 6.07 Å². The van der Waals surface area contributed by atoms with Crippen molar-refractivity contribution in [3.05, 3.63) is 78.2 Å². The first-order chi connectivity index (χ1) is 12.3. The van der Waals surface area contributed by atoms with Gasteiger partial charge in [-0.05, 0) is 36.8 Å². The van der Waals surface area contributed by atoms with Crippen LogP contribution >= 0.6 is 0 Å². The molecule has 0 saturated heterocycles. The van der Waals surface area contributed by atoms with Gasteiger partial charge in [0.05, 0.1) is 12.4 Å². The van der Waals surface area contributed by atoms with E-state index in [1.54, 1.807) is 6.20 Å². The third-order valence-corrected chi connectivity index (χ3v) is 3.87. The van der Waals surface area contributed by atoms with Gasteiger partial charge < -0.3 is 10.2 Å². The van der Waals surface area contributed by atoms with Gasteiger partial charge in [0.1, 0.15) is 11.9 Å². The van der Waals surface area contributed by atoms with Gasteiger partial charge in [-0.3, -0.25) is 0 Å². The molecular formula is C20H19N5. The summed E-state index contributed by atoms with van der Waals surface area (Å²) in [6.45, 7) is 3.70. The van der Waals surface area contributed by atoms with Crippen LogP contribution in [0.3, 0.4) is 0 Å². The number of rotatable bonds is 6. The fraction of sp³-hybridized carbons (Fsp3) is 0.150. The lowest BCUT2D eigenvalue weighted by molar-refractivity contribution is 1.02. The van der Waals surface area contributed by atoms with Crippen molar-refractivity contribution >= 4 is 17.2 Å². The van der Waals surface area contributed by atoms with Crippen LogP contribution in [0.15, 0.2) is 67.0 Å². The Hall–Kier alpha value is -3.39. The van der Waals surface area contributed by atoms with E-state index in [1.807, 2.05) is 12.1 Å². The topological polar surface area (TPSA) is 64.8 Å². The van der Waals surface area contributed by atoms with Gasteiger partial charge in [-0.15, -0.1) is 0 Å². The summed E-state index contributed by atoms with van der Waals surface area (Å²) in [4.78, 5) is 10.4. The van der Waals surface area contributed by atoms with E-state index < -0.39 is 0 Å². The van der Waals surface area contributed by atoms with E-state index in [0.29, 0.717) is 18.1 Å². The predicted molar refractivity (Wildman–Crippen MR) is 99.6 cm³/mol. The van der Waals surface area contributed by atoms with E-state index in [9.17, 15) is 0 Å². The quantitative estimate of drug-likeness (QED) is 0.737. The largest absolute Gasteiger partial charge is 0.365 e. The highest BCUT2D eigenvalue weighted by atomic mass is 15.1. The molecule has 5 nitrogen and oxygen atoms in total. The van der Waals surface area contributed by atoms with Crippen LogP contribution in [0.5, 0.6) is 0 Å². The third-order valence-electron chi connectivity index (χ3n) is 3.87. The number of aromatic nitrogens is 2. The second kappa shape index (κ2) is 7.93. The van der Waals surface area contributed by atoms with Crippen LogP contribution in [0.25, 0.3) is 0 Å². The molecule has 0 fully saturated rings. The van der Waals surface area contributed by atoms with Crippen LogP contribution < -0.4 is 10.2 Å². The molecule has 3 rings (SSSR count). The van der Waals surface area contributed by atoms with E-state index in [0.717, 1.165) is 17.8 Å². The molecule has 0 aliphatic heterocycles. The summed E-state index contributed by atoms with van der Waals surface area (Å²) in [7, 11) is 0. The Balaban J connectivity index is 1.66. The monoisotopic (exact) mass is 329 g/mol. The molecule has 5 heteroatoms. The van der Waals surface area contributed by atoms with Crippen molar-refractivity contribution in [2.45, 2.75) is 13.5 Å². The molecule has 0 spiro atoms. The minimum atomic E-state index is 0.315. The average molecular weight is 329 g/mol. The second-order valence-electron chi connectivity index (χ2n) is 5.50. The van der Waals surface area contributed by atoms with Crippen LogP contribution in [0.2, 0.25) is 0 Å². The molecule has 1 aromatic heterocycles. The summed E-state index contributed by atoms with van der Waals surface area (Å²) in [6, 6.07) is 20.8. The van der Waals surface area contributed by atoms with Crippen LogP contribution in [0, 0.1) is 11.3 Å². The standard InChI is InChI=1S/C20H19N5/c1-2-25(18-6-4-3-5-7-18)19-10-8-16(9-11-19)13-23-20-15-22-17(12-21)14-24-20/h3-11,14-15H,2,13H2,1H3,(H,23,24). The summed E-state index contributed by atoms with van der Waals surface area (Å²) in [6.07, 6.45) is 3.03. The van der Waals surface area contributed by atoms with Crippen molar-refractivity contribution in [2.75, 3.05) is 16.8 Å². The lowest BCUT2D eigenvalue weighted by atomic mass is 10.1. The molecule has 124 valence electrons. The molecule has 0 radical (unpaired) electrons. The van der Waals surface area contributed by atoms with Gasteiger partial charge in [-0.2, -0.15) is 5.26 Å². The molecule has 2 aromatic carbocycles. The van der Waals surface area contributed by atoms with Gasteiger partial charge in [0.15, 0.2) is 5.69 Å². The number of para-hydroxylation sites is 1. The maximum Gasteiger partial charge on any atom is 0.158 e. The zero-order valence-corrected chi connectivity index (χ0v) is 14.1. The second-order valence-corrected chi connectivity index (χ2v) is 5.50.